The Labute approximate surface area is 146 Å². The number of halogens is 1. The van der Waals surface area contributed by atoms with Crippen molar-refractivity contribution in [1.29, 1.82) is 0 Å². The van der Waals surface area contributed by atoms with Crippen molar-refractivity contribution >= 4 is 17.6 Å². The fourth-order valence-corrected chi connectivity index (χ4v) is 2.64. The third kappa shape index (κ3) is 9.17. The van der Waals surface area contributed by atoms with E-state index in [1.54, 1.807) is 0 Å². The van der Waals surface area contributed by atoms with E-state index in [0.717, 1.165) is 18.8 Å². The maximum absolute atomic E-state index is 11.6. The summed E-state index contributed by atoms with van der Waals surface area (Å²) < 4.78 is 11.0. The second-order valence-corrected chi connectivity index (χ2v) is 7.57. The molecule has 0 saturated heterocycles. The average Bonchev–Trinajstić information content (AvgIpc) is 2.48. The van der Waals surface area contributed by atoms with Gasteiger partial charge in [-0.05, 0) is 25.7 Å². The summed E-state index contributed by atoms with van der Waals surface area (Å²) in [6.07, 6.45) is 13.2. The van der Waals surface area contributed by atoms with E-state index in [9.17, 15) is 4.79 Å². The molecule has 2 unspecified atom stereocenters. The van der Waals surface area contributed by atoms with Crippen LogP contribution in [0.5, 0.6) is 0 Å². The molecule has 2 atom stereocenters. The minimum Gasteiger partial charge on any atom is -0.466 e. The van der Waals surface area contributed by atoms with Gasteiger partial charge in [0.15, 0.2) is 0 Å². The number of allylic oxidation sites excluding steroid dienone is 2. The predicted molar refractivity (Wildman–Crippen MR) is 95.8 cm³/mol. The number of alkyl halides is 1. The van der Waals surface area contributed by atoms with Gasteiger partial charge in [-0.2, -0.15) is 0 Å². The molecule has 0 fully saturated rings. The van der Waals surface area contributed by atoms with Gasteiger partial charge in [0.05, 0.1) is 17.6 Å². The number of hydrogen-bond donors (Lipinski definition) is 0. The monoisotopic (exact) mass is 342 g/mol. The molecule has 1 aliphatic carbocycles. The summed E-state index contributed by atoms with van der Waals surface area (Å²) in [7, 11) is 0. The van der Waals surface area contributed by atoms with Crippen molar-refractivity contribution in [3.05, 3.63) is 24.3 Å². The summed E-state index contributed by atoms with van der Waals surface area (Å²) in [6, 6.07) is 0. The Morgan fingerprint density at radius 1 is 1.17 bits per heavy atom. The van der Waals surface area contributed by atoms with Crippen molar-refractivity contribution in [3.8, 4) is 0 Å². The van der Waals surface area contributed by atoms with Gasteiger partial charge in [0, 0.05) is 13.0 Å². The molecular weight excluding hydrogens is 312 g/mol. The molecule has 0 saturated carbocycles. The molecule has 0 bridgehead atoms. The predicted octanol–water partition coefficient (Wildman–Crippen LogP) is 5.03. The van der Waals surface area contributed by atoms with Crippen LogP contribution in [-0.4, -0.2) is 30.2 Å². The number of unbranched alkanes of at least 4 members (excludes halogenated alkanes) is 2. The van der Waals surface area contributed by atoms with Gasteiger partial charge in [-0.1, -0.05) is 57.4 Å². The number of ether oxygens (including phenoxy) is 2. The number of rotatable bonds is 11. The molecule has 4 heteroatoms. The summed E-state index contributed by atoms with van der Waals surface area (Å²) in [5, 5.41) is 0. The maximum atomic E-state index is 11.6. The van der Waals surface area contributed by atoms with E-state index < -0.39 is 4.87 Å². The number of hydrogen-bond acceptors (Lipinski definition) is 3. The van der Waals surface area contributed by atoms with Gasteiger partial charge in [-0.3, -0.25) is 4.79 Å². The van der Waals surface area contributed by atoms with Gasteiger partial charge in [-0.25, -0.2) is 0 Å². The standard InChI is InChI=1S/C19H31ClO3/c1-16(2)10-5-4-8-14-23-18(21)12-9-15-22-17-11-6-7-13-19(17,3)20/h6-7,11,13,16-17H,4-5,8-10,12,14-15H2,1-3H3. The zero-order valence-corrected chi connectivity index (χ0v) is 15.5. The summed E-state index contributed by atoms with van der Waals surface area (Å²) >= 11 is 6.35. The fraction of sp³-hybridized carbons (Fsp3) is 0.737. The van der Waals surface area contributed by atoms with Crippen LogP contribution in [0.2, 0.25) is 0 Å². The van der Waals surface area contributed by atoms with Crippen molar-refractivity contribution in [1.82, 2.24) is 0 Å². The topological polar surface area (TPSA) is 35.5 Å². The van der Waals surface area contributed by atoms with Crippen molar-refractivity contribution < 1.29 is 14.3 Å². The first-order valence-corrected chi connectivity index (χ1v) is 9.12. The first-order chi connectivity index (χ1) is 10.9. The van der Waals surface area contributed by atoms with Gasteiger partial charge >= 0.3 is 5.97 Å². The molecule has 0 radical (unpaired) electrons. The van der Waals surface area contributed by atoms with Crippen LogP contribution in [0.4, 0.5) is 0 Å². The first-order valence-electron chi connectivity index (χ1n) is 8.74. The van der Waals surface area contributed by atoms with Crippen molar-refractivity contribution in [2.45, 2.75) is 70.3 Å². The molecular formula is C19H31ClO3. The molecule has 0 aromatic carbocycles. The summed E-state index contributed by atoms with van der Waals surface area (Å²) in [6.45, 7) is 7.43. The van der Waals surface area contributed by atoms with E-state index >= 15 is 0 Å². The molecule has 1 aliphatic rings. The molecule has 0 amide bonds. The maximum Gasteiger partial charge on any atom is 0.305 e. The van der Waals surface area contributed by atoms with Crippen LogP contribution in [0, 0.1) is 5.92 Å². The zero-order valence-electron chi connectivity index (χ0n) is 14.7. The number of carbonyl (C=O) groups excluding carboxylic acids is 1. The van der Waals surface area contributed by atoms with E-state index in [1.807, 2.05) is 31.2 Å². The normalized spacial score (nSPS) is 23.4. The van der Waals surface area contributed by atoms with Gasteiger partial charge < -0.3 is 9.47 Å². The lowest BCUT2D eigenvalue weighted by Crippen LogP contribution is -2.34. The highest BCUT2D eigenvalue weighted by Gasteiger charge is 2.29. The number of carbonyl (C=O) groups is 1. The Bertz CT molecular complexity index is 399. The Hall–Kier alpha value is -0.800. The van der Waals surface area contributed by atoms with E-state index in [-0.39, 0.29) is 12.1 Å². The van der Waals surface area contributed by atoms with Crippen LogP contribution in [0.25, 0.3) is 0 Å². The summed E-state index contributed by atoms with van der Waals surface area (Å²) in [5.41, 5.74) is 0. The molecule has 1 rings (SSSR count). The quantitative estimate of drug-likeness (QED) is 0.300. The molecule has 23 heavy (non-hydrogen) atoms. The van der Waals surface area contributed by atoms with Crippen molar-refractivity contribution in [3.63, 3.8) is 0 Å². The van der Waals surface area contributed by atoms with Crippen LogP contribution in [0.3, 0.4) is 0 Å². The minimum absolute atomic E-state index is 0.134. The molecule has 0 aliphatic heterocycles. The van der Waals surface area contributed by atoms with Crippen LogP contribution in [0.15, 0.2) is 24.3 Å². The highest BCUT2D eigenvalue weighted by molar-refractivity contribution is 6.25. The van der Waals surface area contributed by atoms with Gasteiger partial charge in [-0.15, -0.1) is 11.6 Å². The highest BCUT2D eigenvalue weighted by Crippen LogP contribution is 2.27. The second-order valence-electron chi connectivity index (χ2n) is 6.75. The minimum atomic E-state index is -0.509. The number of esters is 1. The average molecular weight is 343 g/mol. The van der Waals surface area contributed by atoms with Gasteiger partial charge in [0.25, 0.3) is 0 Å². The molecule has 0 aromatic rings. The molecule has 132 valence electrons. The van der Waals surface area contributed by atoms with E-state index in [0.29, 0.717) is 26.1 Å². The summed E-state index contributed by atoms with van der Waals surface area (Å²) in [5.74, 6) is 0.618. The van der Waals surface area contributed by atoms with Crippen LogP contribution >= 0.6 is 11.6 Å². The molecule has 0 spiro atoms. The Morgan fingerprint density at radius 2 is 1.96 bits per heavy atom. The molecule has 0 aromatic heterocycles. The Balaban J connectivity index is 2.00. The van der Waals surface area contributed by atoms with Gasteiger partial charge in [0.2, 0.25) is 0 Å². The fourth-order valence-electron chi connectivity index (χ4n) is 2.43. The lowest BCUT2D eigenvalue weighted by molar-refractivity contribution is -0.144. The third-order valence-corrected chi connectivity index (χ3v) is 4.23. The first kappa shape index (κ1) is 20.2. The molecule has 3 nitrogen and oxygen atoms in total. The second kappa shape index (κ2) is 10.9. The molecule has 0 N–H and O–H groups in total. The SMILES string of the molecule is CC(C)CCCCCOC(=O)CCCOC1C=CC=CC1(C)Cl. The third-order valence-electron chi connectivity index (χ3n) is 3.89. The van der Waals surface area contributed by atoms with E-state index in [4.69, 9.17) is 21.1 Å². The molecule has 0 heterocycles. The summed E-state index contributed by atoms with van der Waals surface area (Å²) in [4.78, 5) is 11.1. The Kier molecular flexibility index (Phi) is 9.57. The lowest BCUT2D eigenvalue weighted by Gasteiger charge is -2.28. The van der Waals surface area contributed by atoms with Crippen LogP contribution in [-0.2, 0) is 14.3 Å². The van der Waals surface area contributed by atoms with Crippen LogP contribution in [0.1, 0.15) is 59.3 Å². The van der Waals surface area contributed by atoms with Gasteiger partial charge in [0.1, 0.15) is 0 Å². The van der Waals surface area contributed by atoms with E-state index in [2.05, 4.69) is 13.8 Å². The zero-order chi connectivity index (χ0) is 17.1. The smallest absolute Gasteiger partial charge is 0.305 e. The van der Waals surface area contributed by atoms with Crippen molar-refractivity contribution in [2.24, 2.45) is 5.92 Å². The van der Waals surface area contributed by atoms with E-state index in [1.165, 1.54) is 12.8 Å². The highest BCUT2D eigenvalue weighted by atomic mass is 35.5. The van der Waals surface area contributed by atoms with Crippen LogP contribution < -0.4 is 0 Å². The lowest BCUT2D eigenvalue weighted by atomic mass is 9.99. The van der Waals surface area contributed by atoms with Crippen molar-refractivity contribution in [2.75, 3.05) is 13.2 Å². The largest absolute Gasteiger partial charge is 0.466 e. The Morgan fingerprint density at radius 3 is 2.65 bits per heavy atom.